The number of nitrogens with one attached hydrogen (secondary N) is 1. The summed E-state index contributed by atoms with van der Waals surface area (Å²) in [5.74, 6) is 1.71. The highest BCUT2D eigenvalue weighted by molar-refractivity contribution is 6.31. The molecule has 0 atom stereocenters. The summed E-state index contributed by atoms with van der Waals surface area (Å²) in [5.41, 5.74) is 3.29. The molecular formula is C19H21Cl3N4O. The molecule has 0 aliphatic rings. The molecule has 0 bridgehead atoms. The number of halogens is 3. The van der Waals surface area contributed by atoms with E-state index >= 15 is 0 Å². The van der Waals surface area contributed by atoms with Crippen LogP contribution in [-0.4, -0.2) is 59.9 Å². The summed E-state index contributed by atoms with van der Waals surface area (Å²) >= 11 is 17.9. The van der Waals surface area contributed by atoms with Gasteiger partial charge in [0.15, 0.2) is 0 Å². The van der Waals surface area contributed by atoms with E-state index in [1.54, 1.807) is 13.2 Å². The number of hydrogen-bond donors (Lipinski definition) is 1. The Balaban J connectivity index is 1.96. The Morgan fingerprint density at radius 1 is 1.00 bits per heavy atom. The van der Waals surface area contributed by atoms with Crippen LogP contribution in [0.25, 0.3) is 21.9 Å². The van der Waals surface area contributed by atoms with E-state index in [0.29, 0.717) is 22.7 Å². The number of rotatable bonds is 9. The SMILES string of the molecule is COc1ccc2nc3cc(Cl)ccc3c(NCCN(CCCl)CCCl)c2n1. The number of hydrogen-bond acceptors (Lipinski definition) is 5. The van der Waals surface area contributed by atoms with Crippen molar-refractivity contribution in [1.29, 1.82) is 0 Å². The minimum Gasteiger partial charge on any atom is -0.481 e. The molecule has 0 saturated carbocycles. The standard InChI is InChI=1S/C19H21Cl3N4O/c1-27-17-5-4-15-19(25-17)18(14-3-2-13(22)12-16(14)24-15)23-8-11-26(9-6-20)10-7-21/h2-5,12H,6-11H2,1H3,(H,23,24). The van der Waals surface area contributed by atoms with Gasteiger partial charge in [-0.25, -0.2) is 9.97 Å². The van der Waals surface area contributed by atoms with Crippen LogP contribution in [0.4, 0.5) is 5.69 Å². The van der Waals surface area contributed by atoms with Crippen molar-refractivity contribution in [3.63, 3.8) is 0 Å². The van der Waals surface area contributed by atoms with Crippen LogP contribution < -0.4 is 10.1 Å². The smallest absolute Gasteiger partial charge is 0.213 e. The van der Waals surface area contributed by atoms with Gasteiger partial charge in [-0.3, -0.25) is 4.90 Å². The molecule has 27 heavy (non-hydrogen) atoms. The van der Waals surface area contributed by atoms with E-state index in [2.05, 4.69) is 20.2 Å². The molecule has 3 rings (SSSR count). The zero-order valence-electron chi connectivity index (χ0n) is 15.0. The molecule has 1 N–H and O–H groups in total. The maximum absolute atomic E-state index is 6.16. The molecule has 0 aliphatic carbocycles. The van der Waals surface area contributed by atoms with Gasteiger partial charge >= 0.3 is 0 Å². The van der Waals surface area contributed by atoms with Gasteiger partial charge in [0.2, 0.25) is 5.88 Å². The van der Waals surface area contributed by atoms with E-state index in [-0.39, 0.29) is 0 Å². The molecule has 0 unspecified atom stereocenters. The van der Waals surface area contributed by atoms with Crippen LogP contribution in [0.3, 0.4) is 0 Å². The van der Waals surface area contributed by atoms with Gasteiger partial charge in [0.1, 0.15) is 5.52 Å². The van der Waals surface area contributed by atoms with E-state index in [4.69, 9.17) is 39.5 Å². The molecule has 3 aromatic rings. The minimum absolute atomic E-state index is 0.548. The van der Waals surface area contributed by atoms with Crippen molar-refractivity contribution in [1.82, 2.24) is 14.9 Å². The molecule has 0 spiro atoms. The molecule has 144 valence electrons. The van der Waals surface area contributed by atoms with E-state index in [1.165, 1.54) is 0 Å². The average Bonchev–Trinajstić information content (AvgIpc) is 2.67. The zero-order chi connectivity index (χ0) is 19.2. The van der Waals surface area contributed by atoms with Gasteiger partial charge in [-0.1, -0.05) is 11.6 Å². The van der Waals surface area contributed by atoms with Crippen molar-refractivity contribution in [2.24, 2.45) is 0 Å². The van der Waals surface area contributed by atoms with Gasteiger partial charge < -0.3 is 10.1 Å². The van der Waals surface area contributed by atoms with Gasteiger partial charge in [0.05, 0.1) is 23.8 Å². The maximum Gasteiger partial charge on any atom is 0.213 e. The lowest BCUT2D eigenvalue weighted by Gasteiger charge is -2.21. The first-order chi connectivity index (χ1) is 13.2. The average molecular weight is 428 g/mol. The van der Waals surface area contributed by atoms with Gasteiger partial charge in [-0.15, -0.1) is 23.2 Å². The van der Waals surface area contributed by atoms with Crippen LogP contribution >= 0.6 is 34.8 Å². The number of aromatic nitrogens is 2. The van der Waals surface area contributed by atoms with Crippen LogP contribution in [0.15, 0.2) is 30.3 Å². The third-order valence-electron chi connectivity index (χ3n) is 4.30. The zero-order valence-corrected chi connectivity index (χ0v) is 17.3. The fraction of sp³-hybridized carbons (Fsp3) is 0.368. The van der Waals surface area contributed by atoms with Gasteiger partial charge in [0, 0.05) is 54.4 Å². The first-order valence-corrected chi connectivity index (χ1v) is 10.1. The third kappa shape index (κ3) is 4.85. The van der Waals surface area contributed by atoms with Crippen LogP contribution in [0, 0.1) is 0 Å². The van der Waals surface area contributed by atoms with Crippen molar-refractivity contribution in [3.8, 4) is 5.88 Å². The fourth-order valence-corrected chi connectivity index (χ4v) is 3.62. The third-order valence-corrected chi connectivity index (χ3v) is 4.87. The molecule has 0 saturated heterocycles. The Morgan fingerprint density at radius 3 is 2.48 bits per heavy atom. The van der Waals surface area contributed by atoms with Gasteiger partial charge in [-0.05, 0) is 24.3 Å². The van der Waals surface area contributed by atoms with Crippen LogP contribution in [0.1, 0.15) is 0 Å². The predicted molar refractivity (Wildman–Crippen MR) is 115 cm³/mol. The normalized spacial score (nSPS) is 11.4. The summed E-state index contributed by atoms with van der Waals surface area (Å²) < 4.78 is 5.29. The first kappa shape index (κ1) is 20.2. The number of methoxy groups -OCH3 is 1. The Hall–Kier alpha value is -1.53. The second kappa shape index (κ2) is 9.60. The van der Waals surface area contributed by atoms with E-state index in [9.17, 15) is 0 Å². The Bertz CT molecular complexity index is 916. The number of anilines is 1. The maximum atomic E-state index is 6.16. The highest BCUT2D eigenvalue weighted by Crippen LogP contribution is 2.32. The molecule has 0 amide bonds. The van der Waals surface area contributed by atoms with Crippen molar-refractivity contribution < 1.29 is 4.74 Å². The lowest BCUT2D eigenvalue weighted by Crippen LogP contribution is -2.32. The van der Waals surface area contributed by atoms with Crippen LogP contribution in [0.5, 0.6) is 5.88 Å². The molecule has 0 aliphatic heterocycles. The van der Waals surface area contributed by atoms with Crippen LogP contribution in [-0.2, 0) is 0 Å². The van der Waals surface area contributed by atoms with Crippen molar-refractivity contribution in [2.45, 2.75) is 0 Å². The second-order valence-corrected chi connectivity index (χ2v) is 7.21. The van der Waals surface area contributed by atoms with Crippen LogP contribution in [0.2, 0.25) is 5.02 Å². The highest BCUT2D eigenvalue weighted by Gasteiger charge is 2.12. The van der Waals surface area contributed by atoms with Crippen molar-refractivity contribution in [2.75, 3.05) is 50.4 Å². The van der Waals surface area contributed by atoms with E-state index in [0.717, 1.165) is 53.8 Å². The number of nitrogens with zero attached hydrogens (tertiary/aromatic N) is 3. The highest BCUT2D eigenvalue weighted by atomic mass is 35.5. The lowest BCUT2D eigenvalue weighted by molar-refractivity contribution is 0.319. The first-order valence-electron chi connectivity index (χ1n) is 8.68. The Kier molecular flexibility index (Phi) is 7.19. The van der Waals surface area contributed by atoms with Crippen molar-refractivity contribution in [3.05, 3.63) is 35.4 Å². The second-order valence-electron chi connectivity index (χ2n) is 6.02. The fourth-order valence-electron chi connectivity index (χ4n) is 2.98. The summed E-state index contributed by atoms with van der Waals surface area (Å²) in [6, 6.07) is 9.39. The van der Waals surface area contributed by atoms with E-state index in [1.807, 2.05) is 24.3 Å². The lowest BCUT2D eigenvalue weighted by atomic mass is 10.1. The van der Waals surface area contributed by atoms with Gasteiger partial charge in [0.25, 0.3) is 0 Å². The number of alkyl halides is 2. The molecule has 2 heterocycles. The quantitative estimate of drug-likeness (QED) is 0.398. The largest absolute Gasteiger partial charge is 0.481 e. The molecule has 2 aromatic heterocycles. The molecule has 5 nitrogen and oxygen atoms in total. The number of ether oxygens (including phenoxy) is 1. The summed E-state index contributed by atoms with van der Waals surface area (Å²) in [6.45, 7) is 3.15. The molecule has 0 fully saturated rings. The Labute approximate surface area is 173 Å². The predicted octanol–water partition coefficient (Wildman–Crippen LogP) is 4.64. The minimum atomic E-state index is 0.548. The Morgan fingerprint density at radius 2 is 1.78 bits per heavy atom. The van der Waals surface area contributed by atoms with Gasteiger partial charge in [-0.2, -0.15) is 0 Å². The summed E-state index contributed by atoms with van der Waals surface area (Å²) in [7, 11) is 1.60. The molecule has 8 heteroatoms. The monoisotopic (exact) mass is 426 g/mol. The summed E-state index contributed by atoms with van der Waals surface area (Å²) in [5, 5.41) is 5.14. The number of benzene rings is 1. The van der Waals surface area contributed by atoms with Crippen molar-refractivity contribution >= 4 is 62.4 Å². The number of pyridine rings is 2. The number of fused-ring (bicyclic) bond motifs is 2. The topological polar surface area (TPSA) is 50.3 Å². The summed E-state index contributed by atoms with van der Waals surface area (Å²) in [6.07, 6.45) is 0. The molecule has 0 radical (unpaired) electrons. The van der Waals surface area contributed by atoms with E-state index < -0.39 is 0 Å². The molecule has 1 aromatic carbocycles. The summed E-state index contributed by atoms with van der Waals surface area (Å²) in [4.78, 5) is 11.5. The molecular weight excluding hydrogens is 407 g/mol.